The van der Waals surface area contributed by atoms with Crippen molar-refractivity contribution < 1.29 is 14.6 Å². The zero-order valence-corrected chi connectivity index (χ0v) is 12.0. The van der Waals surface area contributed by atoms with Gasteiger partial charge in [-0.1, -0.05) is 6.07 Å². The van der Waals surface area contributed by atoms with Crippen LogP contribution in [0.2, 0.25) is 0 Å². The van der Waals surface area contributed by atoms with Crippen molar-refractivity contribution in [3.63, 3.8) is 0 Å². The summed E-state index contributed by atoms with van der Waals surface area (Å²) in [6.45, 7) is 7.26. The van der Waals surface area contributed by atoms with Crippen LogP contribution in [0.15, 0.2) is 12.1 Å². The Balaban J connectivity index is 1.94. The largest absolute Gasteiger partial charge is 0.496 e. The Kier molecular flexibility index (Phi) is 4.45. The molecule has 1 aromatic rings. The van der Waals surface area contributed by atoms with E-state index in [0.717, 1.165) is 18.8 Å². The number of hydrogen-bond donors (Lipinski definition) is 2. The van der Waals surface area contributed by atoms with E-state index in [-0.39, 0.29) is 12.0 Å². The fourth-order valence-electron chi connectivity index (χ4n) is 2.37. The summed E-state index contributed by atoms with van der Waals surface area (Å²) in [7, 11) is 1.70. The van der Waals surface area contributed by atoms with Gasteiger partial charge in [-0.25, -0.2) is 0 Å². The maximum absolute atomic E-state index is 9.36. The second kappa shape index (κ2) is 5.90. The quantitative estimate of drug-likeness (QED) is 0.816. The fraction of sp³-hybridized carbons (Fsp3) is 0.600. The summed E-state index contributed by atoms with van der Waals surface area (Å²) in [6.07, 6.45) is 0. The molecule has 1 heterocycles. The lowest BCUT2D eigenvalue weighted by Gasteiger charge is -2.40. The van der Waals surface area contributed by atoms with Gasteiger partial charge in [0.15, 0.2) is 0 Å². The van der Waals surface area contributed by atoms with Crippen molar-refractivity contribution in [2.24, 2.45) is 5.41 Å². The number of rotatable bonds is 6. The summed E-state index contributed by atoms with van der Waals surface area (Å²) in [5.74, 6) is 0.931. The zero-order chi connectivity index (χ0) is 13.9. The van der Waals surface area contributed by atoms with Crippen molar-refractivity contribution in [2.45, 2.75) is 20.4 Å². The predicted molar refractivity (Wildman–Crippen MR) is 74.5 cm³/mol. The van der Waals surface area contributed by atoms with Crippen LogP contribution >= 0.6 is 0 Å². The van der Waals surface area contributed by atoms with E-state index in [4.69, 9.17) is 9.47 Å². The minimum atomic E-state index is -0.0740. The van der Waals surface area contributed by atoms with Gasteiger partial charge < -0.3 is 19.9 Å². The average molecular weight is 265 g/mol. The topological polar surface area (TPSA) is 50.7 Å². The molecule has 0 aromatic heterocycles. The van der Waals surface area contributed by atoms with Crippen molar-refractivity contribution >= 4 is 0 Å². The molecule has 0 bridgehead atoms. The number of benzene rings is 1. The molecule has 19 heavy (non-hydrogen) atoms. The van der Waals surface area contributed by atoms with E-state index in [2.05, 4.69) is 25.2 Å². The van der Waals surface area contributed by atoms with Gasteiger partial charge in [0.1, 0.15) is 5.75 Å². The number of methoxy groups -OCH3 is 1. The van der Waals surface area contributed by atoms with Gasteiger partial charge in [0.25, 0.3) is 0 Å². The van der Waals surface area contributed by atoms with Crippen LogP contribution in [0.1, 0.15) is 16.7 Å². The van der Waals surface area contributed by atoms with Crippen LogP contribution in [-0.2, 0) is 11.3 Å². The number of aliphatic hydroxyl groups is 1. The molecular weight excluding hydrogens is 242 g/mol. The van der Waals surface area contributed by atoms with E-state index in [9.17, 15) is 5.11 Å². The van der Waals surface area contributed by atoms with Gasteiger partial charge >= 0.3 is 0 Å². The third kappa shape index (κ3) is 2.91. The first-order valence-corrected chi connectivity index (χ1v) is 6.64. The van der Waals surface area contributed by atoms with Crippen LogP contribution in [0.4, 0.5) is 0 Å². The SMILES string of the molecule is COc1ccc(CNCC2(CO)COC2)c(C)c1C. The van der Waals surface area contributed by atoms with Crippen LogP contribution in [0.5, 0.6) is 5.75 Å². The normalized spacial score (nSPS) is 17.1. The Morgan fingerprint density at radius 2 is 2.05 bits per heavy atom. The van der Waals surface area contributed by atoms with Gasteiger partial charge in [-0.05, 0) is 36.6 Å². The summed E-state index contributed by atoms with van der Waals surface area (Å²) in [4.78, 5) is 0. The molecule has 0 unspecified atom stereocenters. The minimum Gasteiger partial charge on any atom is -0.496 e. The molecule has 2 N–H and O–H groups in total. The second-order valence-corrected chi connectivity index (χ2v) is 5.43. The number of hydrogen-bond acceptors (Lipinski definition) is 4. The molecule has 0 atom stereocenters. The van der Waals surface area contributed by atoms with Crippen molar-refractivity contribution in [3.8, 4) is 5.75 Å². The third-order valence-electron chi connectivity index (χ3n) is 4.04. The highest BCUT2D eigenvalue weighted by Gasteiger charge is 2.37. The molecule has 1 aliphatic heterocycles. The summed E-state index contributed by atoms with van der Waals surface area (Å²) < 4.78 is 10.5. The Bertz CT molecular complexity index is 436. The van der Waals surface area contributed by atoms with E-state index in [1.54, 1.807) is 7.11 Å². The first-order valence-electron chi connectivity index (χ1n) is 6.64. The molecular formula is C15H23NO3. The van der Waals surface area contributed by atoms with Crippen molar-refractivity contribution in [2.75, 3.05) is 33.5 Å². The van der Waals surface area contributed by atoms with Gasteiger partial charge in [-0.15, -0.1) is 0 Å². The summed E-state index contributed by atoms with van der Waals surface area (Å²) in [5.41, 5.74) is 3.64. The molecule has 1 aliphatic rings. The molecule has 2 rings (SSSR count). The van der Waals surface area contributed by atoms with Crippen LogP contribution < -0.4 is 10.1 Å². The summed E-state index contributed by atoms with van der Waals surface area (Å²) in [6, 6.07) is 4.10. The van der Waals surface area contributed by atoms with E-state index < -0.39 is 0 Å². The smallest absolute Gasteiger partial charge is 0.122 e. The second-order valence-electron chi connectivity index (χ2n) is 5.43. The highest BCUT2D eigenvalue weighted by atomic mass is 16.5. The highest BCUT2D eigenvalue weighted by Crippen LogP contribution is 2.27. The lowest BCUT2D eigenvalue weighted by Crippen LogP contribution is -2.52. The lowest BCUT2D eigenvalue weighted by molar-refractivity contribution is -0.134. The molecule has 106 valence electrons. The standard InChI is InChI=1S/C15H23NO3/c1-11-12(2)14(18-3)5-4-13(11)6-16-7-15(8-17)9-19-10-15/h4-5,16-17H,6-10H2,1-3H3. The Morgan fingerprint density at radius 3 is 2.58 bits per heavy atom. The molecule has 4 nitrogen and oxygen atoms in total. The minimum absolute atomic E-state index is 0.0740. The maximum Gasteiger partial charge on any atom is 0.122 e. The first-order chi connectivity index (χ1) is 9.12. The van der Waals surface area contributed by atoms with Gasteiger partial charge in [-0.2, -0.15) is 0 Å². The predicted octanol–water partition coefficient (Wildman–Crippen LogP) is 1.41. The van der Waals surface area contributed by atoms with E-state index >= 15 is 0 Å². The van der Waals surface area contributed by atoms with Crippen molar-refractivity contribution in [3.05, 3.63) is 28.8 Å². The highest BCUT2D eigenvalue weighted by molar-refractivity contribution is 5.43. The van der Waals surface area contributed by atoms with E-state index in [0.29, 0.717) is 13.2 Å². The molecule has 4 heteroatoms. The number of ether oxygens (including phenoxy) is 2. The van der Waals surface area contributed by atoms with Crippen LogP contribution in [0, 0.1) is 19.3 Å². The fourth-order valence-corrected chi connectivity index (χ4v) is 2.37. The summed E-state index contributed by atoms with van der Waals surface area (Å²) in [5, 5.41) is 12.8. The third-order valence-corrected chi connectivity index (χ3v) is 4.04. The molecule has 1 fully saturated rings. The molecule has 0 aliphatic carbocycles. The van der Waals surface area contributed by atoms with Gasteiger partial charge in [0.2, 0.25) is 0 Å². The average Bonchev–Trinajstić information content (AvgIpc) is 2.38. The lowest BCUT2D eigenvalue weighted by atomic mass is 9.87. The molecule has 0 spiro atoms. The van der Waals surface area contributed by atoms with E-state index in [1.165, 1.54) is 16.7 Å². The Labute approximate surface area is 114 Å². The molecule has 1 aromatic carbocycles. The maximum atomic E-state index is 9.36. The van der Waals surface area contributed by atoms with Gasteiger partial charge in [-0.3, -0.25) is 0 Å². The van der Waals surface area contributed by atoms with Crippen LogP contribution in [-0.4, -0.2) is 38.6 Å². The Hall–Kier alpha value is -1.10. The van der Waals surface area contributed by atoms with Crippen molar-refractivity contribution in [1.82, 2.24) is 5.32 Å². The molecule has 1 saturated heterocycles. The van der Waals surface area contributed by atoms with Crippen LogP contribution in [0.25, 0.3) is 0 Å². The van der Waals surface area contributed by atoms with Crippen molar-refractivity contribution in [1.29, 1.82) is 0 Å². The number of aliphatic hydroxyl groups excluding tert-OH is 1. The monoisotopic (exact) mass is 265 g/mol. The zero-order valence-electron chi connectivity index (χ0n) is 12.0. The molecule has 0 amide bonds. The molecule has 0 radical (unpaired) electrons. The van der Waals surface area contributed by atoms with E-state index in [1.807, 2.05) is 6.07 Å². The molecule has 0 saturated carbocycles. The Morgan fingerprint density at radius 1 is 1.32 bits per heavy atom. The van der Waals surface area contributed by atoms with Crippen LogP contribution in [0.3, 0.4) is 0 Å². The summed E-state index contributed by atoms with van der Waals surface area (Å²) >= 11 is 0. The van der Waals surface area contributed by atoms with Gasteiger partial charge in [0.05, 0.1) is 32.3 Å². The van der Waals surface area contributed by atoms with Gasteiger partial charge in [0, 0.05) is 13.1 Å². The number of nitrogens with one attached hydrogen (secondary N) is 1. The first kappa shape index (κ1) is 14.3.